The van der Waals surface area contributed by atoms with E-state index in [1.165, 1.54) is 12.1 Å². The van der Waals surface area contributed by atoms with Gasteiger partial charge in [0.1, 0.15) is 12.1 Å². The minimum atomic E-state index is -0.300. The molecular formula is C13H8FN3O. The van der Waals surface area contributed by atoms with Crippen LogP contribution in [0.3, 0.4) is 0 Å². The maximum atomic E-state index is 12.8. The summed E-state index contributed by atoms with van der Waals surface area (Å²) < 4.78 is 14.4. The molecule has 0 fully saturated rings. The fraction of sp³-hybridized carbons (Fsp3) is 0. The highest BCUT2D eigenvalue weighted by Gasteiger charge is 2.06. The molecule has 0 unspecified atom stereocenters. The first-order chi connectivity index (χ1) is 8.76. The number of pyridine rings is 1. The number of halogens is 1. The zero-order chi connectivity index (χ0) is 12.5. The van der Waals surface area contributed by atoms with Gasteiger partial charge in [-0.15, -0.1) is 5.10 Å². The van der Waals surface area contributed by atoms with Crippen molar-refractivity contribution in [3.05, 3.63) is 54.0 Å². The first kappa shape index (κ1) is 10.6. The van der Waals surface area contributed by atoms with Crippen molar-refractivity contribution in [2.24, 2.45) is 0 Å². The highest BCUT2D eigenvalue weighted by atomic mass is 19.1. The van der Waals surface area contributed by atoms with E-state index in [1.807, 2.05) is 0 Å². The molecule has 0 aliphatic carbocycles. The molecule has 0 aliphatic rings. The van der Waals surface area contributed by atoms with Crippen LogP contribution in [-0.4, -0.2) is 20.9 Å². The lowest BCUT2D eigenvalue weighted by Gasteiger charge is -1.93. The number of carbonyl (C=O) groups excluding carboxylic acids is 1. The normalized spacial score (nSPS) is 10.7. The van der Waals surface area contributed by atoms with E-state index in [4.69, 9.17) is 0 Å². The fourth-order valence-corrected chi connectivity index (χ4v) is 1.69. The molecule has 5 heteroatoms. The molecule has 2 aromatic heterocycles. The Labute approximate surface area is 102 Å². The monoisotopic (exact) mass is 241 g/mol. The average Bonchev–Trinajstić information content (AvgIpc) is 2.82. The largest absolute Gasteiger partial charge is 0.298 e. The number of aromatic nitrogens is 3. The van der Waals surface area contributed by atoms with Gasteiger partial charge in [0.05, 0.1) is 0 Å². The number of fused-ring (bicyclic) bond motifs is 1. The number of aldehydes is 1. The van der Waals surface area contributed by atoms with Crippen molar-refractivity contribution in [3.63, 3.8) is 0 Å². The van der Waals surface area contributed by atoms with Crippen LogP contribution in [0.15, 0.2) is 42.6 Å². The first-order valence-corrected chi connectivity index (χ1v) is 5.34. The molecular weight excluding hydrogens is 233 g/mol. The molecule has 1 aromatic carbocycles. The Morgan fingerprint density at radius 1 is 1.17 bits per heavy atom. The van der Waals surface area contributed by atoms with Gasteiger partial charge in [-0.1, -0.05) is 0 Å². The highest BCUT2D eigenvalue weighted by Crippen LogP contribution is 2.16. The van der Waals surface area contributed by atoms with Crippen LogP contribution in [-0.2, 0) is 0 Å². The summed E-state index contributed by atoms with van der Waals surface area (Å²) >= 11 is 0. The van der Waals surface area contributed by atoms with E-state index >= 15 is 0 Å². The fourth-order valence-electron chi connectivity index (χ4n) is 1.69. The predicted octanol–water partition coefficient (Wildman–Crippen LogP) is 2.35. The van der Waals surface area contributed by atoms with Crippen molar-refractivity contribution < 1.29 is 9.18 Å². The third-order valence-corrected chi connectivity index (χ3v) is 2.60. The molecule has 3 rings (SSSR count). The third-order valence-electron chi connectivity index (χ3n) is 2.60. The Morgan fingerprint density at radius 3 is 2.67 bits per heavy atom. The van der Waals surface area contributed by atoms with E-state index in [9.17, 15) is 9.18 Å². The maximum Gasteiger partial charge on any atom is 0.182 e. The topological polar surface area (TPSA) is 47.3 Å². The van der Waals surface area contributed by atoms with E-state index in [0.29, 0.717) is 17.0 Å². The number of rotatable bonds is 2. The van der Waals surface area contributed by atoms with Crippen molar-refractivity contribution in [3.8, 4) is 11.4 Å². The van der Waals surface area contributed by atoms with Gasteiger partial charge in [0.25, 0.3) is 0 Å². The Kier molecular flexibility index (Phi) is 2.37. The zero-order valence-corrected chi connectivity index (χ0v) is 9.25. The van der Waals surface area contributed by atoms with Crippen molar-refractivity contribution in [2.75, 3.05) is 0 Å². The molecule has 18 heavy (non-hydrogen) atoms. The number of hydrogen-bond donors (Lipinski definition) is 0. The van der Waals surface area contributed by atoms with E-state index < -0.39 is 0 Å². The second-order valence-corrected chi connectivity index (χ2v) is 3.82. The van der Waals surface area contributed by atoms with E-state index in [1.54, 1.807) is 35.0 Å². The predicted molar refractivity (Wildman–Crippen MR) is 63.8 cm³/mol. The highest BCUT2D eigenvalue weighted by molar-refractivity contribution is 5.76. The smallest absolute Gasteiger partial charge is 0.182 e. The van der Waals surface area contributed by atoms with Gasteiger partial charge in [0.15, 0.2) is 11.5 Å². The van der Waals surface area contributed by atoms with Crippen LogP contribution in [0, 0.1) is 5.82 Å². The molecule has 0 amide bonds. The summed E-state index contributed by atoms with van der Waals surface area (Å²) in [5.74, 6) is 0.198. The molecule has 0 aliphatic heterocycles. The van der Waals surface area contributed by atoms with Crippen LogP contribution in [0.25, 0.3) is 17.0 Å². The minimum Gasteiger partial charge on any atom is -0.298 e. The molecule has 4 nitrogen and oxygen atoms in total. The molecule has 0 atom stereocenters. The van der Waals surface area contributed by atoms with Crippen LogP contribution in [0.5, 0.6) is 0 Å². The maximum absolute atomic E-state index is 12.8. The summed E-state index contributed by atoms with van der Waals surface area (Å²) in [6.45, 7) is 0. The molecule has 0 saturated heterocycles. The number of hydrogen-bond acceptors (Lipinski definition) is 3. The van der Waals surface area contributed by atoms with Gasteiger partial charge in [0, 0.05) is 17.3 Å². The summed E-state index contributed by atoms with van der Waals surface area (Å²) in [7, 11) is 0. The van der Waals surface area contributed by atoms with Crippen molar-refractivity contribution in [2.45, 2.75) is 0 Å². The first-order valence-electron chi connectivity index (χ1n) is 5.34. The number of nitrogens with zero attached hydrogens (tertiary/aromatic N) is 3. The van der Waals surface area contributed by atoms with E-state index in [0.717, 1.165) is 11.8 Å². The van der Waals surface area contributed by atoms with Crippen LogP contribution >= 0.6 is 0 Å². The van der Waals surface area contributed by atoms with Gasteiger partial charge < -0.3 is 0 Å². The Bertz CT molecular complexity index is 719. The molecule has 0 N–H and O–H groups in total. The number of benzene rings is 1. The molecule has 3 aromatic rings. The molecule has 88 valence electrons. The molecule has 0 saturated carbocycles. The second-order valence-electron chi connectivity index (χ2n) is 3.82. The summed E-state index contributed by atoms with van der Waals surface area (Å²) in [6, 6.07) is 9.25. The standard InChI is InChI=1S/C13H8FN3O/c14-11-3-1-10(2-4-11)13-15-12-7-9(8-18)5-6-17(12)16-13/h1-8H. The van der Waals surface area contributed by atoms with Gasteiger partial charge in [-0.05, 0) is 36.4 Å². The van der Waals surface area contributed by atoms with Crippen LogP contribution in [0.1, 0.15) is 10.4 Å². The lowest BCUT2D eigenvalue weighted by atomic mass is 10.2. The van der Waals surface area contributed by atoms with Gasteiger partial charge in [0.2, 0.25) is 0 Å². The SMILES string of the molecule is O=Cc1ccn2nc(-c3ccc(F)cc3)nc2c1. The van der Waals surface area contributed by atoms with Crippen molar-refractivity contribution in [1.29, 1.82) is 0 Å². The van der Waals surface area contributed by atoms with E-state index in [-0.39, 0.29) is 5.82 Å². The van der Waals surface area contributed by atoms with Gasteiger partial charge in [-0.3, -0.25) is 4.79 Å². The van der Waals surface area contributed by atoms with Crippen LogP contribution < -0.4 is 0 Å². The Morgan fingerprint density at radius 2 is 1.94 bits per heavy atom. The van der Waals surface area contributed by atoms with Crippen molar-refractivity contribution >= 4 is 11.9 Å². The van der Waals surface area contributed by atoms with Crippen LogP contribution in [0.4, 0.5) is 4.39 Å². The second kappa shape index (κ2) is 4.03. The van der Waals surface area contributed by atoms with E-state index in [2.05, 4.69) is 10.1 Å². The van der Waals surface area contributed by atoms with Crippen molar-refractivity contribution in [1.82, 2.24) is 14.6 Å². The molecule has 0 spiro atoms. The Hall–Kier alpha value is -2.56. The third kappa shape index (κ3) is 1.75. The minimum absolute atomic E-state index is 0.300. The molecule has 0 bridgehead atoms. The molecule has 2 heterocycles. The van der Waals surface area contributed by atoms with Gasteiger partial charge in [-0.25, -0.2) is 13.9 Å². The summed E-state index contributed by atoms with van der Waals surface area (Å²) in [4.78, 5) is 15.0. The quantitative estimate of drug-likeness (QED) is 0.647. The van der Waals surface area contributed by atoms with Crippen LogP contribution in [0.2, 0.25) is 0 Å². The average molecular weight is 241 g/mol. The summed E-state index contributed by atoms with van der Waals surface area (Å²) in [6.07, 6.45) is 2.42. The van der Waals surface area contributed by atoms with Gasteiger partial charge >= 0.3 is 0 Å². The lowest BCUT2D eigenvalue weighted by molar-refractivity contribution is 0.112. The lowest BCUT2D eigenvalue weighted by Crippen LogP contribution is -1.88. The summed E-state index contributed by atoms with van der Waals surface area (Å²) in [5.41, 5.74) is 1.85. The number of carbonyl (C=O) groups is 1. The van der Waals surface area contributed by atoms with Gasteiger partial charge in [-0.2, -0.15) is 0 Å². The zero-order valence-electron chi connectivity index (χ0n) is 9.25. The Balaban J connectivity index is 2.12. The summed E-state index contributed by atoms with van der Waals surface area (Å²) in [5, 5.41) is 4.26. The molecule has 0 radical (unpaired) electrons.